The monoisotopic (exact) mass is 402 g/mol. The zero-order valence-corrected chi connectivity index (χ0v) is 17.0. The van der Waals surface area contributed by atoms with Gasteiger partial charge in [-0.15, -0.1) is 0 Å². The number of esters is 1. The summed E-state index contributed by atoms with van der Waals surface area (Å²) in [5, 5.41) is 11.8. The fourth-order valence-corrected chi connectivity index (χ4v) is 2.39. The van der Waals surface area contributed by atoms with Gasteiger partial charge in [-0.3, -0.25) is 9.69 Å². The fourth-order valence-electron chi connectivity index (χ4n) is 2.39. The second kappa shape index (κ2) is 14.0. The first-order valence-corrected chi connectivity index (χ1v) is 9.59. The lowest BCUT2D eigenvalue weighted by atomic mass is 10.1. The van der Waals surface area contributed by atoms with Crippen LogP contribution in [-0.2, 0) is 16.0 Å². The molecule has 1 heterocycles. The Morgan fingerprint density at radius 2 is 1.90 bits per heavy atom. The second-order valence-corrected chi connectivity index (χ2v) is 5.94. The fraction of sp³-hybridized carbons (Fsp3) is 0.381. The highest BCUT2D eigenvalue weighted by Gasteiger charge is 2.14. The average molecular weight is 402 g/mol. The number of aromatic nitrogens is 1. The zero-order valence-electron chi connectivity index (χ0n) is 17.0. The summed E-state index contributed by atoms with van der Waals surface area (Å²) < 4.78 is 4.89. The number of urea groups is 1. The molecule has 0 aliphatic heterocycles. The third kappa shape index (κ3) is 9.57. The number of carbonyl (C=O) groups excluding carboxylic acids is 2. The van der Waals surface area contributed by atoms with Crippen molar-refractivity contribution in [3.8, 4) is 0 Å². The van der Waals surface area contributed by atoms with Crippen LogP contribution in [0.2, 0.25) is 0 Å². The summed E-state index contributed by atoms with van der Waals surface area (Å²) in [6.45, 7) is 4.66. The van der Waals surface area contributed by atoms with Gasteiger partial charge >= 0.3 is 12.0 Å². The van der Waals surface area contributed by atoms with Crippen molar-refractivity contribution in [3.63, 3.8) is 0 Å². The minimum Gasteiger partial charge on any atom is -0.466 e. The summed E-state index contributed by atoms with van der Waals surface area (Å²) in [4.78, 5) is 28.5. The van der Waals surface area contributed by atoms with Gasteiger partial charge in [-0.2, -0.15) is 0 Å². The first kappa shape index (κ1) is 23.9. The van der Waals surface area contributed by atoms with Gasteiger partial charge in [-0.25, -0.2) is 9.78 Å². The lowest BCUT2D eigenvalue weighted by molar-refractivity contribution is -0.143. The van der Waals surface area contributed by atoms with Crippen molar-refractivity contribution in [1.29, 1.82) is 0 Å². The SMILES string of the molecule is CCNC(=O)N(CCO)c1ccc(CCC(=O)OCC)cc1.Nc1ccccn1. The number of hydrogen-bond acceptors (Lipinski definition) is 6. The lowest BCUT2D eigenvalue weighted by Crippen LogP contribution is -2.41. The number of aliphatic hydroxyl groups is 1. The number of nitrogen functional groups attached to an aromatic ring is 1. The van der Waals surface area contributed by atoms with Crippen LogP contribution in [0.3, 0.4) is 0 Å². The Labute approximate surface area is 171 Å². The highest BCUT2D eigenvalue weighted by molar-refractivity contribution is 5.91. The van der Waals surface area contributed by atoms with Gasteiger partial charge in [-0.05, 0) is 50.1 Å². The first-order chi connectivity index (χ1) is 14.0. The van der Waals surface area contributed by atoms with Gasteiger partial charge < -0.3 is 20.9 Å². The van der Waals surface area contributed by atoms with Crippen LogP contribution in [-0.4, -0.2) is 48.4 Å². The molecule has 0 fully saturated rings. The van der Waals surface area contributed by atoms with Crippen molar-refractivity contribution in [2.45, 2.75) is 26.7 Å². The number of nitrogens with zero attached hydrogens (tertiary/aromatic N) is 2. The van der Waals surface area contributed by atoms with Crippen LogP contribution < -0.4 is 16.0 Å². The molecule has 8 nitrogen and oxygen atoms in total. The third-order valence-electron chi connectivity index (χ3n) is 3.76. The van der Waals surface area contributed by atoms with Crippen LogP contribution in [0.25, 0.3) is 0 Å². The number of pyridine rings is 1. The predicted molar refractivity (Wildman–Crippen MR) is 114 cm³/mol. The highest BCUT2D eigenvalue weighted by atomic mass is 16.5. The second-order valence-electron chi connectivity index (χ2n) is 5.94. The van der Waals surface area contributed by atoms with E-state index in [0.29, 0.717) is 37.5 Å². The van der Waals surface area contributed by atoms with Crippen LogP contribution >= 0.6 is 0 Å². The molecule has 0 saturated heterocycles. The molecule has 0 radical (unpaired) electrons. The van der Waals surface area contributed by atoms with Crippen molar-refractivity contribution in [1.82, 2.24) is 10.3 Å². The molecule has 2 rings (SSSR count). The number of anilines is 2. The maximum absolute atomic E-state index is 11.9. The number of nitrogens with two attached hydrogens (primary N) is 1. The van der Waals surface area contributed by atoms with Gasteiger partial charge in [-0.1, -0.05) is 18.2 Å². The van der Waals surface area contributed by atoms with Crippen LogP contribution in [0.5, 0.6) is 0 Å². The minimum atomic E-state index is -0.240. The molecule has 0 unspecified atom stereocenters. The average Bonchev–Trinajstić information content (AvgIpc) is 2.72. The Morgan fingerprint density at radius 1 is 1.17 bits per heavy atom. The Balaban J connectivity index is 0.000000502. The van der Waals surface area contributed by atoms with Gasteiger partial charge in [0.25, 0.3) is 0 Å². The molecule has 29 heavy (non-hydrogen) atoms. The largest absolute Gasteiger partial charge is 0.466 e. The number of amides is 2. The molecule has 0 atom stereocenters. The molecule has 0 spiro atoms. The van der Waals surface area contributed by atoms with Crippen molar-refractivity contribution in [2.75, 3.05) is 36.9 Å². The number of benzene rings is 1. The van der Waals surface area contributed by atoms with Crippen molar-refractivity contribution in [3.05, 3.63) is 54.2 Å². The molecular weight excluding hydrogens is 372 g/mol. The Hall–Kier alpha value is -3.13. The normalized spacial score (nSPS) is 9.76. The van der Waals surface area contributed by atoms with E-state index in [1.807, 2.05) is 43.3 Å². The molecular formula is C21H30N4O4. The summed E-state index contributed by atoms with van der Waals surface area (Å²) >= 11 is 0. The van der Waals surface area contributed by atoms with E-state index in [1.54, 1.807) is 19.2 Å². The molecule has 0 bridgehead atoms. The maximum atomic E-state index is 11.9. The van der Waals surface area contributed by atoms with Crippen LogP contribution in [0.4, 0.5) is 16.3 Å². The molecule has 158 valence electrons. The molecule has 0 aliphatic carbocycles. The summed E-state index contributed by atoms with van der Waals surface area (Å²) in [5.74, 6) is 0.360. The maximum Gasteiger partial charge on any atom is 0.321 e. The summed E-state index contributed by atoms with van der Waals surface area (Å²) in [6, 6.07) is 12.6. The number of aryl methyl sites for hydroxylation is 1. The lowest BCUT2D eigenvalue weighted by Gasteiger charge is -2.22. The number of ether oxygens (including phenoxy) is 1. The molecule has 1 aromatic carbocycles. The number of rotatable bonds is 8. The van der Waals surface area contributed by atoms with Crippen LogP contribution in [0, 0.1) is 0 Å². The van der Waals surface area contributed by atoms with Gasteiger partial charge in [0, 0.05) is 24.8 Å². The molecule has 8 heteroatoms. The van der Waals surface area contributed by atoms with E-state index < -0.39 is 0 Å². The van der Waals surface area contributed by atoms with E-state index in [2.05, 4.69) is 10.3 Å². The van der Waals surface area contributed by atoms with Gasteiger partial charge in [0.2, 0.25) is 0 Å². The molecule has 0 saturated carbocycles. The molecule has 0 aliphatic rings. The summed E-state index contributed by atoms with van der Waals surface area (Å²) in [5.41, 5.74) is 6.95. The topological polar surface area (TPSA) is 118 Å². The van der Waals surface area contributed by atoms with Gasteiger partial charge in [0.1, 0.15) is 5.82 Å². The van der Waals surface area contributed by atoms with Crippen LogP contribution in [0.15, 0.2) is 48.7 Å². The Kier molecular flexibility index (Phi) is 11.5. The zero-order chi connectivity index (χ0) is 21.5. The van der Waals surface area contributed by atoms with E-state index in [1.165, 1.54) is 4.90 Å². The van der Waals surface area contributed by atoms with E-state index in [4.69, 9.17) is 15.6 Å². The smallest absolute Gasteiger partial charge is 0.321 e. The predicted octanol–water partition coefficient (Wildman–Crippen LogP) is 2.37. The quantitative estimate of drug-likeness (QED) is 0.584. The van der Waals surface area contributed by atoms with E-state index in [9.17, 15) is 9.59 Å². The standard InChI is InChI=1S/C16H24N2O4.C5H6N2/c1-3-17-16(21)18(11-12-19)14-8-5-13(6-9-14)7-10-15(20)22-4-2;6-5-3-1-2-4-7-5/h5-6,8-9,19H,3-4,7,10-12H2,1-2H3,(H,17,21);1-4H,(H2,6,7). The van der Waals surface area contributed by atoms with Gasteiger partial charge in [0.15, 0.2) is 0 Å². The van der Waals surface area contributed by atoms with E-state index in [0.717, 1.165) is 5.56 Å². The summed E-state index contributed by atoms with van der Waals surface area (Å²) in [7, 11) is 0. The number of aliphatic hydroxyl groups excluding tert-OH is 1. The Bertz CT molecular complexity index is 723. The van der Waals surface area contributed by atoms with Gasteiger partial charge in [0.05, 0.1) is 19.8 Å². The number of hydrogen-bond donors (Lipinski definition) is 3. The van der Waals surface area contributed by atoms with Crippen LogP contribution in [0.1, 0.15) is 25.8 Å². The van der Waals surface area contributed by atoms with E-state index in [-0.39, 0.29) is 25.2 Å². The minimum absolute atomic E-state index is 0.109. The molecule has 2 amide bonds. The Morgan fingerprint density at radius 3 is 2.38 bits per heavy atom. The molecule has 2 aromatic rings. The summed E-state index contributed by atoms with van der Waals surface area (Å²) in [6.07, 6.45) is 2.60. The third-order valence-corrected chi connectivity index (χ3v) is 3.76. The van der Waals surface area contributed by atoms with E-state index >= 15 is 0 Å². The number of nitrogens with one attached hydrogen (secondary N) is 1. The molecule has 1 aromatic heterocycles. The van der Waals surface area contributed by atoms with Crippen molar-refractivity contribution >= 4 is 23.5 Å². The number of carbonyl (C=O) groups is 2. The highest BCUT2D eigenvalue weighted by Crippen LogP contribution is 2.16. The van der Waals surface area contributed by atoms with Crippen molar-refractivity contribution < 1.29 is 19.4 Å². The van der Waals surface area contributed by atoms with Crippen molar-refractivity contribution in [2.24, 2.45) is 0 Å². The molecule has 4 N–H and O–H groups in total. The first-order valence-electron chi connectivity index (χ1n) is 9.59.